The van der Waals surface area contributed by atoms with Crippen LogP contribution in [0.3, 0.4) is 0 Å². The molecular formula is C14H20N2O. The van der Waals surface area contributed by atoms with Crippen LogP contribution in [0, 0.1) is 0 Å². The molecule has 1 aliphatic heterocycles. The van der Waals surface area contributed by atoms with Crippen molar-refractivity contribution in [1.82, 2.24) is 10.2 Å². The minimum absolute atomic E-state index is 0.0882. The van der Waals surface area contributed by atoms with Crippen LogP contribution >= 0.6 is 0 Å². The van der Waals surface area contributed by atoms with Gasteiger partial charge in [0, 0.05) is 25.6 Å². The number of hydrogen-bond acceptors (Lipinski definition) is 1. The number of likely N-dealkylation sites (tertiary alicyclic amines) is 1. The van der Waals surface area contributed by atoms with Crippen LogP contribution in [0.5, 0.6) is 0 Å². The number of hydrogen-bond donors (Lipinski definition) is 1. The van der Waals surface area contributed by atoms with Gasteiger partial charge in [-0.15, -0.1) is 0 Å². The number of nitrogens with zero attached hydrogens (tertiary/aromatic N) is 1. The number of carbonyl (C=O) groups excluding carboxylic acids is 1. The van der Waals surface area contributed by atoms with E-state index in [1.807, 2.05) is 11.0 Å². The van der Waals surface area contributed by atoms with E-state index in [9.17, 15) is 4.79 Å². The van der Waals surface area contributed by atoms with Crippen LogP contribution in [0.15, 0.2) is 30.3 Å². The molecule has 1 atom stereocenters. The molecule has 0 aliphatic carbocycles. The number of carbonyl (C=O) groups is 1. The first kappa shape index (κ1) is 12.0. The van der Waals surface area contributed by atoms with Crippen molar-refractivity contribution in [1.29, 1.82) is 0 Å². The molecule has 1 unspecified atom stereocenters. The smallest absolute Gasteiger partial charge is 0.317 e. The lowest BCUT2D eigenvalue weighted by Crippen LogP contribution is -2.38. The SMILES string of the molecule is CCCNC(=O)N1CCC(c2ccccc2)C1. The summed E-state index contributed by atoms with van der Waals surface area (Å²) in [4.78, 5) is 13.7. The normalized spacial score (nSPS) is 19.4. The average Bonchev–Trinajstić information content (AvgIpc) is 2.86. The summed E-state index contributed by atoms with van der Waals surface area (Å²) >= 11 is 0. The third-order valence-electron chi connectivity index (χ3n) is 3.27. The number of amides is 2. The minimum atomic E-state index is 0.0882. The van der Waals surface area contributed by atoms with Crippen LogP contribution in [0.2, 0.25) is 0 Å². The van der Waals surface area contributed by atoms with Gasteiger partial charge in [-0.2, -0.15) is 0 Å². The molecule has 1 aromatic rings. The predicted octanol–water partition coefficient (Wildman–Crippen LogP) is 2.60. The van der Waals surface area contributed by atoms with Crippen LogP contribution < -0.4 is 5.32 Å². The number of benzene rings is 1. The van der Waals surface area contributed by atoms with Crippen molar-refractivity contribution in [2.75, 3.05) is 19.6 Å². The lowest BCUT2D eigenvalue weighted by molar-refractivity contribution is 0.208. The molecule has 1 heterocycles. The first-order valence-electron chi connectivity index (χ1n) is 6.39. The van der Waals surface area contributed by atoms with E-state index in [1.165, 1.54) is 5.56 Å². The van der Waals surface area contributed by atoms with Gasteiger partial charge in [0.2, 0.25) is 0 Å². The quantitative estimate of drug-likeness (QED) is 0.853. The van der Waals surface area contributed by atoms with Crippen molar-refractivity contribution in [2.45, 2.75) is 25.7 Å². The second-order valence-corrected chi connectivity index (χ2v) is 4.57. The van der Waals surface area contributed by atoms with Gasteiger partial charge < -0.3 is 10.2 Å². The van der Waals surface area contributed by atoms with Gasteiger partial charge in [-0.05, 0) is 18.4 Å². The van der Waals surface area contributed by atoms with Crippen molar-refractivity contribution in [3.05, 3.63) is 35.9 Å². The topological polar surface area (TPSA) is 32.3 Å². The van der Waals surface area contributed by atoms with Crippen molar-refractivity contribution in [2.24, 2.45) is 0 Å². The van der Waals surface area contributed by atoms with E-state index in [0.29, 0.717) is 5.92 Å². The van der Waals surface area contributed by atoms with Crippen molar-refractivity contribution >= 4 is 6.03 Å². The Kier molecular flexibility index (Phi) is 4.02. The maximum absolute atomic E-state index is 11.8. The van der Waals surface area contributed by atoms with Crippen LogP contribution in [0.25, 0.3) is 0 Å². The van der Waals surface area contributed by atoms with Crippen molar-refractivity contribution in [3.63, 3.8) is 0 Å². The van der Waals surface area contributed by atoms with Gasteiger partial charge in [-0.1, -0.05) is 37.3 Å². The second-order valence-electron chi connectivity index (χ2n) is 4.57. The number of rotatable bonds is 3. The van der Waals surface area contributed by atoms with Crippen LogP contribution in [0.4, 0.5) is 4.79 Å². The fourth-order valence-corrected chi connectivity index (χ4v) is 2.29. The molecule has 0 radical (unpaired) electrons. The summed E-state index contributed by atoms with van der Waals surface area (Å²) in [5, 5.41) is 2.93. The third-order valence-corrected chi connectivity index (χ3v) is 3.27. The molecule has 0 aromatic heterocycles. The van der Waals surface area contributed by atoms with E-state index >= 15 is 0 Å². The molecule has 1 aliphatic rings. The fourth-order valence-electron chi connectivity index (χ4n) is 2.29. The third kappa shape index (κ3) is 2.99. The molecule has 1 fully saturated rings. The summed E-state index contributed by atoms with van der Waals surface area (Å²) in [5.41, 5.74) is 1.35. The Morgan fingerprint density at radius 2 is 2.18 bits per heavy atom. The van der Waals surface area contributed by atoms with E-state index in [0.717, 1.165) is 32.5 Å². The van der Waals surface area contributed by atoms with E-state index in [-0.39, 0.29) is 6.03 Å². The summed E-state index contributed by atoms with van der Waals surface area (Å²) in [6.45, 7) is 4.55. The predicted molar refractivity (Wildman–Crippen MR) is 69.1 cm³/mol. The maximum atomic E-state index is 11.8. The molecule has 1 saturated heterocycles. The number of urea groups is 1. The highest BCUT2D eigenvalue weighted by atomic mass is 16.2. The summed E-state index contributed by atoms with van der Waals surface area (Å²) < 4.78 is 0. The molecule has 2 rings (SSSR count). The van der Waals surface area contributed by atoms with Gasteiger partial charge in [-0.25, -0.2) is 4.79 Å². The lowest BCUT2D eigenvalue weighted by atomic mass is 9.99. The van der Waals surface area contributed by atoms with E-state index in [2.05, 4.69) is 36.5 Å². The zero-order chi connectivity index (χ0) is 12.1. The zero-order valence-corrected chi connectivity index (χ0v) is 10.4. The fraction of sp³-hybridized carbons (Fsp3) is 0.500. The molecule has 3 heteroatoms. The number of nitrogens with one attached hydrogen (secondary N) is 1. The second kappa shape index (κ2) is 5.71. The van der Waals surface area contributed by atoms with Crippen molar-refractivity contribution < 1.29 is 4.79 Å². The first-order valence-corrected chi connectivity index (χ1v) is 6.39. The highest BCUT2D eigenvalue weighted by Gasteiger charge is 2.26. The molecule has 17 heavy (non-hydrogen) atoms. The largest absolute Gasteiger partial charge is 0.338 e. The van der Waals surface area contributed by atoms with Gasteiger partial charge in [0.05, 0.1) is 0 Å². The van der Waals surface area contributed by atoms with E-state index in [4.69, 9.17) is 0 Å². The Bertz CT molecular complexity index is 364. The molecule has 0 bridgehead atoms. The standard InChI is InChI=1S/C14H20N2O/c1-2-9-15-14(17)16-10-8-13(11-16)12-6-4-3-5-7-12/h3-7,13H,2,8-11H2,1H3,(H,15,17). The van der Waals surface area contributed by atoms with Gasteiger partial charge in [-0.3, -0.25) is 0 Å². The average molecular weight is 232 g/mol. The summed E-state index contributed by atoms with van der Waals surface area (Å²) in [5.74, 6) is 0.503. The molecule has 0 saturated carbocycles. The zero-order valence-electron chi connectivity index (χ0n) is 10.4. The van der Waals surface area contributed by atoms with Crippen LogP contribution in [-0.4, -0.2) is 30.6 Å². The van der Waals surface area contributed by atoms with Crippen LogP contribution in [-0.2, 0) is 0 Å². The highest BCUT2D eigenvalue weighted by molar-refractivity contribution is 5.74. The summed E-state index contributed by atoms with van der Waals surface area (Å²) in [6, 6.07) is 10.6. The van der Waals surface area contributed by atoms with Gasteiger partial charge in [0.25, 0.3) is 0 Å². The van der Waals surface area contributed by atoms with Gasteiger partial charge >= 0.3 is 6.03 Å². The Balaban J connectivity index is 1.89. The molecule has 2 amide bonds. The van der Waals surface area contributed by atoms with Gasteiger partial charge in [0.1, 0.15) is 0 Å². The van der Waals surface area contributed by atoms with Gasteiger partial charge in [0.15, 0.2) is 0 Å². The summed E-state index contributed by atoms with van der Waals surface area (Å²) in [7, 11) is 0. The van der Waals surface area contributed by atoms with E-state index < -0.39 is 0 Å². The molecule has 92 valence electrons. The molecule has 1 aromatic carbocycles. The monoisotopic (exact) mass is 232 g/mol. The Labute approximate surface area is 103 Å². The van der Waals surface area contributed by atoms with Crippen molar-refractivity contribution in [3.8, 4) is 0 Å². The lowest BCUT2D eigenvalue weighted by Gasteiger charge is -2.17. The van der Waals surface area contributed by atoms with Crippen LogP contribution in [0.1, 0.15) is 31.2 Å². The Morgan fingerprint density at radius 1 is 1.41 bits per heavy atom. The first-order chi connectivity index (χ1) is 8.31. The molecule has 0 spiro atoms. The maximum Gasteiger partial charge on any atom is 0.317 e. The molecular weight excluding hydrogens is 212 g/mol. The molecule has 3 nitrogen and oxygen atoms in total. The molecule has 1 N–H and O–H groups in total. The summed E-state index contributed by atoms with van der Waals surface area (Å²) in [6.07, 6.45) is 2.06. The Hall–Kier alpha value is -1.51. The van der Waals surface area contributed by atoms with E-state index in [1.54, 1.807) is 0 Å². The highest BCUT2D eigenvalue weighted by Crippen LogP contribution is 2.26. The Morgan fingerprint density at radius 3 is 2.88 bits per heavy atom. The minimum Gasteiger partial charge on any atom is -0.338 e.